The van der Waals surface area contributed by atoms with Gasteiger partial charge in [-0.25, -0.2) is 8.42 Å². The maximum absolute atomic E-state index is 12.4. The molecule has 0 spiro atoms. The Kier molecular flexibility index (Phi) is 7.31. The molecule has 1 N–H and O–H groups in total. The fourth-order valence-electron chi connectivity index (χ4n) is 3.06. The van der Waals surface area contributed by atoms with E-state index in [0.29, 0.717) is 18.8 Å². The molecule has 162 valence electrons. The number of rotatable bonds is 9. The second-order valence-corrected chi connectivity index (χ2v) is 9.16. The lowest BCUT2D eigenvalue weighted by Crippen LogP contribution is -2.40. The van der Waals surface area contributed by atoms with Gasteiger partial charge in [-0.15, -0.1) is 0 Å². The Morgan fingerprint density at radius 2 is 1.55 bits per heavy atom. The molecular formula is C24H26N2O4S. The molecular weight excluding hydrogens is 412 g/mol. The van der Waals surface area contributed by atoms with E-state index in [2.05, 4.69) is 5.32 Å². The van der Waals surface area contributed by atoms with Crippen molar-refractivity contribution in [3.63, 3.8) is 0 Å². The minimum Gasteiger partial charge on any atom is -0.489 e. The number of sulfonamides is 1. The number of anilines is 1. The predicted octanol–water partition coefficient (Wildman–Crippen LogP) is 3.66. The lowest BCUT2D eigenvalue weighted by Gasteiger charge is -2.23. The van der Waals surface area contributed by atoms with E-state index in [1.165, 1.54) is 0 Å². The summed E-state index contributed by atoms with van der Waals surface area (Å²) in [6.07, 6.45) is 1.10. The average Bonchev–Trinajstić information content (AvgIpc) is 2.76. The number of aryl methyl sites for hydroxylation is 1. The zero-order chi connectivity index (χ0) is 22.3. The SMILES string of the molecule is Cc1ccccc1N(CC(=O)NCc1ccc(OCc2ccccc2)cc1)S(C)(=O)=O. The molecule has 3 aromatic carbocycles. The summed E-state index contributed by atoms with van der Waals surface area (Å²) in [5.41, 5.74) is 3.26. The van der Waals surface area contributed by atoms with E-state index in [1.807, 2.05) is 73.7 Å². The standard InChI is InChI=1S/C24H26N2O4S/c1-19-8-6-7-11-23(19)26(31(2,28)29)17-24(27)25-16-20-12-14-22(15-13-20)30-18-21-9-4-3-5-10-21/h3-15H,16-18H2,1-2H3,(H,25,27). The average molecular weight is 439 g/mol. The van der Waals surface area contributed by atoms with Gasteiger partial charge in [0.25, 0.3) is 0 Å². The van der Waals surface area contributed by atoms with Crippen molar-refractivity contribution in [3.05, 3.63) is 95.6 Å². The molecule has 0 fully saturated rings. The zero-order valence-corrected chi connectivity index (χ0v) is 18.4. The zero-order valence-electron chi connectivity index (χ0n) is 17.6. The van der Waals surface area contributed by atoms with Crippen molar-refractivity contribution in [1.82, 2.24) is 5.32 Å². The van der Waals surface area contributed by atoms with Gasteiger partial charge in [-0.3, -0.25) is 9.10 Å². The fraction of sp³-hybridized carbons (Fsp3) is 0.208. The van der Waals surface area contributed by atoms with E-state index in [0.717, 1.165) is 33.0 Å². The van der Waals surface area contributed by atoms with Crippen LogP contribution in [0, 0.1) is 6.92 Å². The van der Waals surface area contributed by atoms with E-state index >= 15 is 0 Å². The number of amides is 1. The molecule has 0 aliphatic rings. The molecule has 0 aliphatic heterocycles. The largest absolute Gasteiger partial charge is 0.489 e. The lowest BCUT2D eigenvalue weighted by atomic mass is 10.2. The molecule has 0 bridgehead atoms. The normalized spacial score (nSPS) is 11.0. The molecule has 0 aromatic heterocycles. The summed E-state index contributed by atoms with van der Waals surface area (Å²) < 4.78 is 31.3. The first-order valence-electron chi connectivity index (χ1n) is 9.88. The van der Waals surface area contributed by atoms with Gasteiger partial charge in [0.2, 0.25) is 15.9 Å². The first-order valence-corrected chi connectivity index (χ1v) is 11.7. The quantitative estimate of drug-likeness (QED) is 0.553. The third-order valence-electron chi connectivity index (χ3n) is 4.73. The van der Waals surface area contributed by atoms with Crippen LogP contribution < -0.4 is 14.4 Å². The summed E-state index contributed by atoms with van der Waals surface area (Å²) in [7, 11) is -3.60. The van der Waals surface area contributed by atoms with Gasteiger partial charge >= 0.3 is 0 Å². The predicted molar refractivity (Wildman–Crippen MR) is 122 cm³/mol. The van der Waals surface area contributed by atoms with Crippen LogP contribution in [0.3, 0.4) is 0 Å². The molecule has 3 rings (SSSR count). The van der Waals surface area contributed by atoms with E-state index in [4.69, 9.17) is 4.74 Å². The number of nitrogens with zero attached hydrogens (tertiary/aromatic N) is 1. The summed E-state index contributed by atoms with van der Waals surface area (Å²) >= 11 is 0. The minimum atomic E-state index is -3.60. The summed E-state index contributed by atoms with van der Waals surface area (Å²) in [5.74, 6) is 0.361. The van der Waals surface area contributed by atoms with Crippen LogP contribution in [0.5, 0.6) is 5.75 Å². The van der Waals surface area contributed by atoms with E-state index in [1.54, 1.807) is 12.1 Å². The van der Waals surface area contributed by atoms with E-state index < -0.39 is 10.0 Å². The van der Waals surface area contributed by atoms with Crippen molar-refractivity contribution < 1.29 is 17.9 Å². The van der Waals surface area contributed by atoms with Crippen LogP contribution in [0.4, 0.5) is 5.69 Å². The van der Waals surface area contributed by atoms with Gasteiger partial charge in [-0.2, -0.15) is 0 Å². The molecule has 0 saturated heterocycles. The third kappa shape index (κ3) is 6.58. The monoisotopic (exact) mass is 438 g/mol. The van der Waals surface area contributed by atoms with Crippen molar-refractivity contribution in [2.24, 2.45) is 0 Å². The van der Waals surface area contributed by atoms with Crippen LogP contribution in [-0.4, -0.2) is 27.1 Å². The second kappa shape index (κ2) is 10.1. The first kappa shape index (κ1) is 22.4. The summed E-state index contributed by atoms with van der Waals surface area (Å²) in [5, 5.41) is 2.78. The molecule has 7 heteroatoms. The maximum atomic E-state index is 12.4. The van der Waals surface area contributed by atoms with Crippen molar-refractivity contribution >= 4 is 21.6 Å². The highest BCUT2D eigenvalue weighted by Crippen LogP contribution is 2.21. The molecule has 0 unspecified atom stereocenters. The van der Waals surface area contributed by atoms with Gasteiger partial charge in [0.15, 0.2) is 0 Å². The number of hydrogen-bond donors (Lipinski definition) is 1. The molecule has 3 aromatic rings. The Morgan fingerprint density at radius 1 is 0.903 bits per heavy atom. The van der Waals surface area contributed by atoms with Gasteiger partial charge in [-0.05, 0) is 41.8 Å². The second-order valence-electron chi connectivity index (χ2n) is 7.25. The Hall–Kier alpha value is -3.32. The smallest absolute Gasteiger partial charge is 0.241 e. The van der Waals surface area contributed by atoms with Crippen molar-refractivity contribution in [2.75, 3.05) is 17.1 Å². The first-order chi connectivity index (χ1) is 14.8. The number of benzene rings is 3. The Morgan fingerprint density at radius 3 is 2.19 bits per heavy atom. The van der Waals surface area contributed by atoms with Crippen LogP contribution in [0.1, 0.15) is 16.7 Å². The summed E-state index contributed by atoms with van der Waals surface area (Å²) in [4.78, 5) is 12.4. The van der Waals surface area contributed by atoms with Crippen molar-refractivity contribution in [2.45, 2.75) is 20.1 Å². The third-order valence-corrected chi connectivity index (χ3v) is 5.86. The van der Waals surface area contributed by atoms with E-state index in [9.17, 15) is 13.2 Å². The molecule has 0 radical (unpaired) electrons. The molecule has 0 heterocycles. The number of carbonyl (C=O) groups excluding carboxylic acids is 1. The van der Waals surface area contributed by atoms with Gasteiger partial charge in [-0.1, -0.05) is 60.7 Å². The Balaban J connectivity index is 1.55. The number of para-hydroxylation sites is 1. The molecule has 31 heavy (non-hydrogen) atoms. The van der Waals surface area contributed by atoms with Crippen LogP contribution in [0.2, 0.25) is 0 Å². The topological polar surface area (TPSA) is 75.7 Å². The molecule has 6 nitrogen and oxygen atoms in total. The molecule has 0 saturated carbocycles. The van der Waals surface area contributed by atoms with Crippen LogP contribution >= 0.6 is 0 Å². The van der Waals surface area contributed by atoms with Crippen LogP contribution in [-0.2, 0) is 28.0 Å². The van der Waals surface area contributed by atoms with Crippen molar-refractivity contribution in [3.8, 4) is 5.75 Å². The fourth-order valence-corrected chi connectivity index (χ4v) is 3.97. The highest BCUT2D eigenvalue weighted by molar-refractivity contribution is 7.92. The number of carbonyl (C=O) groups is 1. The lowest BCUT2D eigenvalue weighted by molar-refractivity contribution is -0.119. The number of hydrogen-bond acceptors (Lipinski definition) is 4. The highest BCUT2D eigenvalue weighted by atomic mass is 32.2. The molecule has 0 atom stereocenters. The van der Waals surface area contributed by atoms with Gasteiger partial charge < -0.3 is 10.1 Å². The highest BCUT2D eigenvalue weighted by Gasteiger charge is 2.21. The Labute approximate surface area is 183 Å². The van der Waals surface area contributed by atoms with E-state index in [-0.39, 0.29) is 12.5 Å². The van der Waals surface area contributed by atoms with Gasteiger partial charge in [0, 0.05) is 6.54 Å². The van der Waals surface area contributed by atoms with Gasteiger partial charge in [0.1, 0.15) is 18.9 Å². The van der Waals surface area contributed by atoms with Crippen LogP contribution in [0.15, 0.2) is 78.9 Å². The van der Waals surface area contributed by atoms with Gasteiger partial charge in [0.05, 0.1) is 11.9 Å². The minimum absolute atomic E-state index is 0.276. The van der Waals surface area contributed by atoms with Crippen LogP contribution in [0.25, 0.3) is 0 Å². The van der Waals surface area contributed by atoms with Crippen molar-refractivity contribution in [1.29, 1.82) is 0 Å². The molecule has 0 aliphatic carbocycles. The number of nitrogens with one attached hydrogen (secondary N) is 1. The maximum Gasteiger partial charge on any atom is 0.241 e. The number of ether oxygens (including phenoxy) is 1. The summed E-state index contributed by atoms with van der Waals surface area (Å²) in [6.45, 7) is 2.31. The molecule has 1 amide bonds. The summed E-state index contributed by atoms with van der Waals surface area (Å²) in [6, 6.07) is 24.4. The Bertz CT molecular complexity index is 1110.